The predicted octanol–water partition coefficient (Wildman–Crippen LogP) is 1.56. The van der Waals surface area contributed by atoms with Gasteiger partial charge >= 0.3 is 0 Å². The van der Waals surface area contributed by atoms with E-state index in [1.807, 2.05) is 16.3 Å². The van der Waals surface area contributed by atoms with Gasteiger partial charge in [0.25, 0.3) is 5.91 Å². The van der Waals surface area contributed by atoms with E-state index in [2.05, 4.69) is 17.3 Å². The molecule has 0 bridgehead atoms. The zero-order chi connectivity index (χ0) is 15.5. The fourth-order valence-corrected chi connectivity index (χ4v) is 4.32. The minimum Gasteiger partial charge on any atom is -0.342 e. The van der Waals surface area contributed by atoms with E-state index >= 15 is 0 Å². The van der Waals surface area contributed by atoms with Crippen LogP contribution < -0.4 is 5.32 Å². The summed E-state index contributed by atoms with van der Waals surface area (Å²) >= 11 is 1.39. The van der Waals surface area contributed by atoms with Crippen molar-refractivity contribution < 1.29 is 9.59 Å². The highest BCUT2D eigenvalue weighted by Crippen LogP contribution is 2.28. The molecule has 5 nitrogen and oxygen atoms in total. The van der Waals surface area contributed by atoms with E-state index in [4.69, 9.17) is 0 Å². The first kappa shape index (κ1) is 15.5. The Morgan fingerprint density at radius 3 is 2.73 bits per heavy atom. The minimum atomic E-state index is -0.155. The lowest BCUT2D eigenvalue weighted by molar-refractivity contribution is -0.131. The van der Waals surface area contributed by atoms with Crippen LogP contribution >= 0.6 is 11.3 Å². The molecular formula is C16H23N3O2S. The van der Waals surface area contributed by atoms with Crippen LogP contribution in [0.5, 0.6) is 0 Å². The van der Waals surface area contributed by atoms with E-state index in [1.54, 1.807) is 6.07 Å². The highest BCUT2D eigenvalue weighted by atomic mass is 32.1. The molecule has 1 aromatic rings. The van der Waals surface area contributed by atoms with E-state index in [1.165, 1.54) is 24.2 Å². The third-order valence-corrected chi connectivity index (χ3v) is 5.65. The van der Waals surface area contributed by atoms with E-state index in [-0.39, 0.29) is 18.4 Å². The van der Waals surface area contributed by atoms with Crippen LogP contribution in [0.25, 0.3) is 0 Å². The largest absolute Gasteiger partial charge is 0.342 e. The summed E-state index contributed by atoms with van der Waals surface area (Å²) in [5, 5.41) is 4.61. The second kappa shape index (κ2) is 6.79. The Balaban J connectivity index is 1.56. The molecule has 1 aromatic heterocycles. The summed E-state index contributed by atoms with van der Waals surface area (Å²) in [5.74, 6) is -0.107. The standard InChI is InChI=1S/C16H23N3O2S/c1-18-8-2-5-12(18)13-6-3-9-19(13)15(20)11-17-16(21)14-7-4-10-22-14/h4,7,10,12-13H,2-3,5-6,8-9,11H2,1H3,(H,17,21). The van der Waals surface area contributed by atoms with Crippen LogP contribution in [0.3, 0.4) is 0 Å². The number of amides is 2. The van der Waals surface area contributed by atoms with Gasteiger partial charge in [0, 0.05) is 18.6 Å². The molecule has 2 aliphatic heterocycles. The Labute approximate surface area is 135 Å². The lowest BCUT2D eigenvalue weighted by Gasteiger charge is -2.33. The van der Waals surface area contributed by atoms with Crippen LogP contribution in [0.1, 0.15) is 35.4 Å². The van der Waals surface area contributed by atoms with Crippen LogP contribution in [0.15, 0.2) is 17.5 Å². The number of nitrogens with one attached hydrogen (secondary N) is 1. The molecule has 2 atom stereocenters. The molecule has 2 aliphatic rings. The van der Waals surface area contributed by atoms with E-state index in [9.17, 15) is 9.59 Å². The van der Waals surface area contributed by atoms with E-state index in [0.29, 0.717) is 17.0 Å². The van der Waals surface area contributed by atoms with Crippen molar-refractivity contribution in [3.05, 3.63) is 22.4 Å². The normalized spacial score (nSPS) is 25.6. The number of carbonyl (C=O) groups excluding carboxylic acids is 2. The quantitative estimate of drug-likeness (QED) is 0.916. The maximum atomic E-state index is 12.5. The molecule has 120 valence electrons. The lowest BCUT2D eigenvalue weighted by Crippen LogP contribution is -2.49. The van der Waals surface area contributed by atoms with Crippen molar-refractivity contribution in [2.45, 2.75) is 37.8 Å². The number of rotatable bonds is 4. The molecule has 3 heterocycles. The third kappa shape index (κ3) is 3.17. The van der Waals surface area contributed by atoms with Gasteiger partial charge in [0.1, 0.15) is 0 Å². The fourth-order valence-electron chi connectivity index (χ4n) is 3.68. The summed E-state index contributed by atoms with van der Waals surface area (Å²) in [4.78, 5) is 29.4. The molecular weight excluding hydrogens is 298 g/mol. The second-order valence-electron chi connectivity index (χ2n) is 6.15. The van der Waals surface area contributed by atoms with Crippen molar-refractivity contribution in [1.82, 2.24) is 15.1 Å². The van der Waals surface area contributed by atoms with Gasteiger partial charge < -0.3 is 15.1 Å². The molecule has 0 aromatic carbocycles. The summed E-state index contributed by atoms with van der Waals surface area (Å²) in [6.07, 6.45) is 4.54. The van der Waals surface area contributed by atoms with Gasteiger partial charge in [0.05, 0.1) is 11.4 Å². The Kier molecular flexibility index (Phi) is 4.78. The molecule has 3 rings (SSSR count). The average molecular weight is 321 g/mol. The smallest absolute Gasteiger partial charge is 0.261 e. The Bertz CT molecular complexity index is 532. The SMILES string of the molecule is CN1CCCC1C1CCCN1C(=O)CNC(=O)c1cccs1. The maximum Gasteiger partial charge on any atom is 0.261 e. The van der Waals surface area contributed by atoms with Crippen LogP contribution in [0, 0.1) is 0 Å². The van der Waals surface area contributed by atoms with Gasteiger partial charge in [-0.05, 0) is 50.7 Å². The van der Waals surface area contributed by atoms with Crippen molar-refractivity contribution >= 4 is 23.2 Å². The van der Waals surface area contributed by atoms with Gasteiger partial charge in [-0.25, -0.2) is 0 Å². The molecule has 2 saturated heterocycles. The Morgan fingerprint density at radius 1 is 1.27 bits per heavy atom. The van der Waals surface area contributed by atoms with Gasteiger partial charge in [-0.15, -0.1) is 11.3 Å². The van der Waals surface area contributed by atoms with Crippen molar-refractivity contribution in [2.24, 2.45) is 0 Å². The highest BCUT2D eigenvalue weighted by molar-refractivity contribution is 7.12. The van der Waals surface area contributed by atoms with Gasteiger partial charge in [0.15, 0.2) is 0 Å². The van der Waals surface area contributed by atoms with Gasteiger partial charge in [-0.3, -0.25) is 9.59 Å². The lowest BCUT2D eigenvalue weighted by atomic mass is 10.0. The Morgan fingerprint density at radius 2 is 2.05 bits per heavy atom. The average Bonchev–Trinajstić information content (AvgIpc) is 3.24. The van der Waals surface area contributed by atoms with Gasteiger partial charge in [0.2, 0.25) is 5.91 Å². The van der Waals surface area contributed by atoms with Gasteiger partial charge in [-0.2, -0.15) is 0 Å². The van der Waals surface area contributed by atoms with Crippen LogP contribution in [-0.2, 0) is 4.79 Å². The van der Waals surface area contributed by atoms with Crippen molar-refractivity contribution in [1.29, 1.82) is 0 Å². The van der Waals surface area contributed by atoms with Crippen molar-refractivity contribution in [3.8, 4) is 0 Å². The van der Waals surface area contributed by atoms with E-state index in [0.717, 1.165) is 25.9 Å². The van der Waals surface area contributed by atoms with Crippen LogP contribution in [0.2, 0.25) is 0 Å². The number of likely N-dealkylation sites (N-methyl/N-ethyl adjacent to an activating group) is 1. The monoisotopic (exact) mass is 321 g/mol. The molecule has 2 fully saturated rings. The summed E-state index contributed by atoms with van der Waals surface area (Å²) in [6.45, 7) is 2.05. The first-order valence-corrected chi connectivity index (χ1v) is 8.86. The number of thiophene rings is 1. The fraction of sp³-hybridized carbons (Fsp3) is 0.625. The van der Waals surface area contributed by atoms with Crippen LogP contribution in [-0.4, -0.2) is 60.4 Å². The molecule has 0 aliphatic carbocycles. The first-order chi connectivity index (χ1) is 10.7. The zero-order valence-corrected chi connectivity index (χ0v) is 13.8. The molecule has 0 saturated carbocycles. The third-order valence-electron chi connectivity index (χ3n) is 4.79. The number of likely N-dealkylation sites (tertiary alicyclic amines) is 2. The second-order valence-corrected chi connectivity index (χ2v) is 7.09. The molecule has 2 unspecified atom stereocenters. The van der Waals surface area contributed by atoms with Crippen molar-refractivity contribution in [3.63, 3.8) is 0 Å². The molecule has 6 heteroatoms. The number of nitrogens with zero attached hydrogens (tertiary/aromatic N) is 2. The molecule has 0 spiro atoms. The molecule has 0 radical (unpaired) electrons. The highest BCUT2D eigenvalue weighted by Gasteiger charge is 2.38. The number of hydrogen-bond acceptors (Lipinski definition) is 4. The summed E-state index contributed by atoms with van der Waals surface area (Å²) in [7, 11) is 2.15. The summed E-state index contributed by atoms with van der Waals surface area (Å²) in [5.41, 5.74) is 0. The minimum absolute atomic E-state index is 0.0488. The van der Waals surface area contributed by atoms with Crippen LogP contribution in [0.4, 0.5) is 0 Å². The zero-order valence-electron chi connectivity index (χ0n) is 13.0. The summed E-state index contributed by atoms with van der Waals surface area (Å²) < 4.78 is 0. The van der Waals surface area contributed by atoms with Crippen molar-refractivity contribution in [2.75, 3.05) is 26.7 Å². The number of carbonyl (C=O) groups is 2. The molecule has 1 N–H and O–H groups in total. The number of hydrogen-bond donors (Lipinski definition) is 1. The maximum absolute atomic E-state index is 12.5. The van der Waals surface area contributed by atoms with E-state index < -0.39 is 0 Å². The molecule has 22 heavy (non-hydrogen) atoms. The Hall–Kier alpha value is -1.40. The topological polar surface area (TPSA) is 52.6 Å². The predicted molar refractivity (Wildman–Crippen MR) is 87.0 cm³/mol. The summed E-state index contributed by atoms with van der Waals surface area (Å²) in [6, 6.07) is 4.42. The molecule has 2 amide bonds. The first-order valence-electron chi connectivity index (χ1n) is 7.98. The van der Waals surface area contributed by atoms with Gasteiger partial charge in [-0.1, -0.05) is 6.07 Å².